The highest BCUT2D eigenvalue weighted by Gasteiger charge is 2.16. The first kappa shape index (κ1) is 19.1. The molecule has 4 rings (SSSR count). The SMILES string of the molecule is C[C@H](NC(=O)COC(=O)c1ccc2ccccc2n1)c1ccc2c(c1)CCCC2. The van der Waals surface area contributed by atoms with Crippen LogP contribution < -0.4 is 5.32 Å². The smallest absolute Gasteiger partial charge is 0.357 e. The van der Waals surface area contributed by atoms with Crippen molar-refractivity contribution in [2.45, 2.75) is 38.6 Å². The predicted octanol–water partition coefficient (Wildman–Crippen LogP) is 4.15. The monoisotopic (exact) mass is 388 g/mol. The number of fused-ring (bicyclic) bond motifs is 2. The van der Waals surface area contributed by atoms with Crippen molar-refractivity contribution in [2.75, 3.05) is 6.61 Å². The molecular formula is C24H24N2O3. The fraction of sp³-hybridized carbons (Fsp3) is 0.292. The summed E-state index contributed by atoms with van der Waals surface area (Å²) in [4.78, 5) is 28.8. The quantitative estimate of drug-likeness (QED) is 0.667. The first-order valence-corrected chi connectivity index (χ1v) is 10.0. The Morgan fingerprint density at radius 1 is 1.03 bits per heavy atom. The van der Waals surface area contributed by atoms with Gasteiger partial charge in [-0.1, -0.05) is 42.5 Å². The minimum atomic E-state index is -0.604. The number of nitrogens with one attached hydrogen (secondary N) is 1. The average Bonchev–Trinajstić information content (AvgIpc) is 2.76. The van der Waals surface area contributed by atoms with Gasteiger partial charge in [-0.05, 0) is 61.4 Å². The first-order valence-electron chi connectivity index (χ1n) is 10.0. The highest BCUT2D eigenvalue weighted by Crippen LogP contribution is 2.24. The summed E-state index contributed by atoms with van der Waals surface area (Å²) in [6.07, 6.45) is 4.70. The number of aryl methyl sites for hydroxylation is 2. The minimum absolute atomic E-state index is 0.146. The van der Waals surface area contributed by atoms with Gasteiger partial charge in [-0.3, -0.25) is 4.79 Å². The number of aromatic nitrogens is 1. The van der Waals surface area contributed by atoms with Gasteiger partial charge in [-0.2, -0.15) is 0 Å². The third-order valence-corrected chi connectivity index (χ3v) is 5.39. The number of benzene rings is 2. The fourth-order valence-electron chi connectivity index (χ4n) is 3.77. The Morgan fingerprint density at radius 2 is 1.83 bits per heavy atom. The summed E-state index contributed by atoms with van der Waals surface area (Å²) in [7, 11) is 0. The number of pyridine rings is 1. The maximum absolute atomic E-state index is 12.3. The molecule has 0 fully saturated rings. The van der Waals surface area contributed by atoms with Crippen molar-refractivity contribution >= 4 is 22.8 Å². The lowest BCUT2D eigenvalue weighted by Gasteiger charge is -2.20. The summed E-state index contributed by atoms with van der Waals surface area (Å²) in [6, 6.07) is 17.2. The molecule has 1 heterocycles. The molecule has 29 heavy (non-hydrogen) atoms. The molecular weight excluding hydrogens is 364 g/mol. The zero-order valence-corrected chi connectivity index (χ0v) is 16.5. The Hall–Kier alpha value is -3.21. The van der Waals surface area contributed by atoms with E-state index in [0.717, 1.165) is 23.8 Å². The molecule has 0 saturated heterocycles. The van der Waals surface area contributed by atoms with E-state index in [9.17, 15) is 9.59 Å². The Kier molecular flexibility index (Phi) is 5.56. The molecule has 148 valence electrons. The predicted molar refractivity (Wildman–Crippen MR) is 112 cm³/mol. The van der Waals surface area contributed by atoms with Gasteiger partial charge in [0.2, 0.25) is 0 Å². The highest BCUT2D eigenvalue weighted by molar-refractivity contribution is 5.92. The molecule has 1 amide bonds. The van der Waals surface area contributed by atoms with Crippen LogP contribution in [0.25, 0.3) is 10.9 Å². The standard InChI is InChI=1S/C24H24N2O3/c1-16(19-11-10-17-6-2-3-8-20(17)14-19)25-23(27)15-29-24(28)22-13-12-18-7-4-5-9-21(18)26-22/h4-5,7,9-14,16H,2-3,6,8,15H2,1H3,(H,25,27)/t16-/m0/s1. The molecule has 0 saturated carbocycles. The van der Waals surface area contributed by atoms with Crippen molar-refractivity contribution < 1.29 is 14.3 Å². The second-order valence-electron chi connectivity index (χ2n) is 7.49. The van der Waals surface area contributed by atoms with Gasteiger partial charge in [-0.15, -0.1) is 0 Å². The lowest BCUT2D eigenvalue weighted by molar-refractivity contribution is -0.124. The summed E-state index contributed by atoms with van der Waals surface area (Å²) >= 11 is 0. The van der Waals surface area contributed by atoms with Crippen molar-refractivity contribution in [3.05, 3.63) is 77.0 Å². The van der Waals surface area contributed by atoms with Gasteiger partial charge in [0, 0.05) is 5.39 Å². The van der Waals surface area contributed by atoms with Gasteiger partial charge < -0.3 is 10.1 Å². The van der Waals surface area contributed by atoms with Crippen LogP contribution in [0.1, 0.15) is 53.0 Å². The molecule has 0 bridgehead atoms. The number of amides is 1. The molecule has 0 unspecified atom stereocenters. The van der Waals surface area contributed by atoms with Gasteiger partial charge in [0.15, 0.2) is 6.61 Å². The third kappa shape index (κ3) is 4.45. The highest BCUT2D eigenvalue weighted by atomic mass is 16.5. The molecule has 1 N–H and O–H groups in total. The van der Waals surface area contributed by atoms with Crippen LogP contribution in [0.2, 0.25) is 0 Å². The van der Waals surface area contributed by atoms with Crippen molar-refractivity contribution in [1.82, 2.24) is 10.3 Å². The van der Waals surface area contributed by atoms with Crippen LogP contribution in [0.15, 0.2) is 54.6 Å². The lowest BCUT2D eigenvalue weighted by atomic mass is 9.89. The Morgan fingerprint density at radius 3 is 2.69 bits per heavy atom. The van der Waals surface area contributed by atoms with E-state index in [1.807, 2.05) is 37.3 Å². The summed E-state index contributed by atoms with van der Waals surface area (Å²) in [5, 5.41) is 3.85. The van der Waals surface area contributed by atoms with Gasteiger partial charge in [0.25, 0.3) is 5.91 Å². The second-order valence-corrected chi connectivity index (χ2v) is 7.49. The molecule has 5 nitrogen and oxygen atoms in total. The number of carbonyl (C=O) groups is 2. The van der Waals surface area contributed by atoms with Crippen molar-refractivity contribution in [2.24, 2.45) is 0 Å². The van der Waals surface area contributed by atoms with E-state index in [1.165, 1.54) is 24.0 Å². The summed E-state index contributed by atoms with van der Waals surface area (Å²) in [5.74, 6) is -0.934. The van der Waals surface area contributed by atoms with E-state index < -0.39 is 5.97 Å². The van der Waals surface area contributed by atoms with E-state index in [4.69, 9.17) is 4.74 Å². The molecule has 1 aromatic heterocycles. The number of nitrogens with zero attached hydrogens (tertiary/aromatic N) is 1. The number of ether oxygens (including phenoxy) is 1. The van der Waals surface area contributed by atoms with E-state index in [2.05, 4.69) is 28.5 Å². The van der Waals surface area contributed by atoms with Gasteiger partial charge >= 0.3 is 5.97 Å². The molecule has 5 heteroatoms. The van der Waals surface area contributed by atoms with Crippen LogP contribution >= 0.6 is 0 Å². The van der Waals surface area contributed by atoms with Gasteiger partial charge in [0.05, 0.1) is 11.6 Å². The van der Waals surface area contributed by atoms with Crippen LogP contribution in [0, 0.1) is 0 Å². The maximum Gasteiger partial charge on any atom is 0.357 e. The van der Waals surface area contributed by atoms with Crippen LogP contribution in [0.4, 0.5) is 0 Å². The summed E-state index contributed by atoms with van der Waals surface area (Å²) < 4.78 is 5.15. The number of hydrogen-bond acceptors (Lipinski definition) is 4. The lowest BCUT2D eigenvalue weighted by Crippen LogP contribution is -2.31. The maximum atomic E-state index is 12.3. The van der Waals surface area contributed by atoms with Crippen molar-refractivity contribution in [3.63, 3.8) is 0 Å². The van der Waals surface area contributed by atoms with Crippen molar-refractivity contribution in [1.29, 1.82) is 0 Å². The van der Waals surface area contributed by atoms with Gasteiger partial charge in [0.1, 0.15) is 5.69 Å². The minimum Gasteiger partial charge on any atom is -0.451 e. The Labute approximate surface area is 170 Å². The van der Waals surface area contributed by atoms with E-state index in [1.54, 1.807) is 6.07 Å². The van der Waals surface area contributed by atoms with Crippen LogP contribution in [-0.2, 0) is 22.4 Å². The van der Waals surface area contributed by atoms with E-state index in [-0.39, 0.29) is 24.2 Å². The fourth-order valence-corrected chi connectivity index (χ4v) is 3.77. The van der Waals surface area contributed by atoms with Crippen molar-refractivity contribution in [3.8, 4) is 0 Å². The molecule has 2 aromatic carbocycles. The number of hydrogen-bond donors (Lipinski definition) is 1. The van der Waals surface area contributed by atoms with Crippen LogP contribution in [0.5, 0.6) is 0 Å². The van der Waals surface area contributed by atoms with Crippen LogP contribution in [-0.4, -0.2) is 23.5 Å². The molecule has 0 aliphatic heterocycles. The van der Waals surface area contributed by atoms with Crippen LogP contribution in [0.3, 0.4) is 0 Å². The molecule has 3 aromatic rings. The molecule has 1 aliphatic carbocycles. The largest absolute Gasteiger partial charge is 0.451 e. The number of carbonyl (C=O) groups excluding carboxylic acids is 2. The average molecular weight is 388 g/mol. The number of para-hydroxylation sites is 1. The number of rotatable bonds is 5. The summed E-state index contributed by atoms with van der Waals surface area (Å²) in [6.45, 7) is 1.61. The zero-order chi connectivity index (χ0) is 20.2. The molecule has 0 radical (unpaired) electrons. The Balaban J connectivity index is 1.33. The normalized spacial score (nSPS) is 14.1. The number of esters is 1. The first-order chi connectivity index (χ1) is 14.1. The van der Waals surface area contributed by atoms with E-state index in [0.29, 0.717) is 5.52 Å². The summed E-state index contributed by atoms with van der Waals surface area (Å²) in [5.41, 5.74) is 4.77. The topological polar surface area (TPSA) is 68.3 Å². The molecule has 0 spiro atoms. The third-order valence-electron chi connectivity index (χ3n) is 5.39. The van der Waals surface area contributed by atoms with Gasteiger partial charge in [-0.25, -0.2) is 9.78 Å². The molecule has 1 aliphatic rings. The zero-order valence-electron chi connectivity index (χ0n) is 16.5. The Bertz CT molecular complexity index is 1060. The second kappa shape index (κ2) is 8.43. The van der Waals surface area contributed by atoms with E-state index >= 15 is 0 Å². The molecule has 1 atom stereocenters.